The molecular formula is C20H25N3O6. The van der Waals surface area contributed by atoms with Crippen LogP contribution in [-0.4, -0.2) is 43.1 Å². The second kappa shape index (κ2) is 10.3. The normalized spacial score (nSPS) is 15.8. The summed E-state index contributed by atoms with van der Waals surface area (Å²) in [5, 5.41) is 7.82. The molecule has 0 unspecified atom stereocenters. The molecule has 1 aliphatic rings. The Balaban J connectivity index is 2.04. The summed E-state index contributed by atoms with van der Waals surface area (Å²) in [7, 11) is 0. The van der Waals surface area contributed by atoms with Crippen LogP contribution >= 0.6 is 0 Å². The number of hydrogen-bond donors (Lipinski definition) is 3. The number of anilines is 1. The highest BCUT2D eigenvalue weighted by atomic mass is 16.5. The minimum Gasteiger partial charge on any atom is -0.463 e. The van der Waals surface area contributed by atoms with Gasteiger partial charge in [0.05, 0.1) is 30.3 Å². The lowest BCUT2D eigenvalue weighted by Gasteiger charge is -2.28. The number of carbonyl (C=O) groups is 4. The van der Waals surface area contributed by atoms with E-state index in [1.54, 1.807) is 31.2 Å². The molecule has 1 aliphatic heterocycles. The number of esters is 2. The molecule has 0 saturated carbocycles. The molecule has 0 radical (unpaired) electrons. The van der Waals surface area contributed by atoms with E-state index in [4.69, 9.17) is 9.47 Å². The summed E-state index contributed by atoms with van der Waals surface area (Å²) < 4.78 is 10.3. The van der Waals surface area contributed by atoms with Crippen LogP contribution in [0.4, 0.5) is 10.5 Å². The van der Waals surface area contributed by atoms with Gasteiger partial charge in [-0.3, -0.25) is 9.59 Å². The van der Waals surface area contributed by atoms with Gasteiger partial charge in [-0.25, -0.2) is 9.59 Å². The van der Waals surface area contributed by atoms with Crippen molar-refractivity contribution in [1.29, 1.82) is 0 Å². The lowest BCUT2D eigenvalue weighted by Crippen LogP contribution is -2.51. The van der Waals surface area contributed by atoms with Gasteiger partial charge in [0.2, 0.25) is 5.91 Å². The molecule has 1 aromatic rings. The molecule has 3 amide bonds. The van der Waals surface area contributed by atoms with Crippen LogP contribution in [0.15, 0.2) is 35.5 Å². The van der Waals surface area contributed by atoms with Crippen molar-refractivity contribution in [3.05, 3.63) is 41.1 Å². The van der Waals surface area contributed by atoms with Crippen molar-refractivity contribution in [2.75, 3.05) is 18.5 Å². The maximum absolute atomic E-state index is 12.3. The van der Waals surface area contributed by atoms with Crippen LogP contribution in [0.3, 0.4) is 0 Å². The standard InChI is InChI=1S/C20H25N3O6/c1-4-15-18(19(26)28-5-2)16(23-20(27)22-15)11-29-17(25)10-13-6-8-14(9-7-13)21-12(3)24/h6-9,15H,4-5,10-11H2,1-3H3,(H,21,24)(H2,22,23,27)/t15-/m0/s1. The monoisotopic (exact) mass is 403 g/mol. The van der Waals surface area contributed by atoms with Crippen LogP contribution in [0.5, 0.6) is 0 Å². The average Bonchev–Trinajstić information content (AvgIpc) is 2.67. The number of carbonyl (C=O) groups excluding carboxylic acids is 4. The SMILES string of the molecule is CCOC(=O)C1=C(COC(=O)Cc2ccc(NC(C)=O)cc2)NC(=O)N[C@H]1CC. The molecule has 29 heavy (non-hydrogen) atoms. The fourth-order valence-electron chi connectivity index (χ4n) is 2.86. The third kappa shape index (κ3) is 6.34. The molecule has 3 N–H and O–H groups in total. The Bertz CT molecular complexity index is 816. The summed E-state index contributed by atoms with van der Waals surface area (Å²) in [6, 6.07) is 5.79. The predicted molar refractivity (Wildman–Crippen MR) is 105 cm³/mol. The van der Waals surface area contributed by atoms with E-state index in [0.29, 0.717) is 17.7 Å². The number of benzene rings is 1. The molecular weight excluding hydrogens is 378 g/mol. The van der Waals surface area contributed by atoms with Crippen molar-refractivity contribution in [1.82, 2.24) is 10.6 Å². The summed E-state index contributed by atoms with van der Waals surface area (Å²) in [5.74, 6) is -1.27. The lowest BCUT2D eigenvalue weighted by molar-refractivity contribution is -0.143. The third-order valence-corrected chi connectivity index (χ3v) is 4.15. The van der Waals surface area contributed by atoms with Crippen LogP contribution < -0.4 is 16.0 Å². The summed E-state index contributed by atoms with van der Waals surface area (Å²) in [6.45, 7) is 4.86. The van der Waals surface area contributed by atoms with Crippen LogP contribution in [0, 0.1) is 0 Å². The van der Waals surface area contributed by atoms with E-state index in [9.17, 15) is 19.2 Å². The van der Waals surface area contributed by atoms with Gasteiger partial charge in [0.25, 0.3) is 0 Å². The zero-order chi connectivity index (χ0) is 21.4. The Labute approximate surface area is 168 Å². The molecule has 0 aliphatic carbocycles. The fourth-order valence-corrected chi connectivity index (χ4v) is 2.86. The van der Waals surface area contributed by atoms with Crippen molar-refractivity contribution in [2.45, 2.75) is 39.7 Å². The van der Waals surface area contributed by atoms with Crippen LogP contribution in [0.2, 0.25) is 0 Å². The summed E-state index contributed by atoms with van der Waals surface area (Å²) in [5.41, 5.74) is 1.79. The Kier molecular flexibility index (Phi) is 7.76. The third-order valence-electron chi connectivity index (χ3n) is 4.15. The summed E-state index contributed by atoms with van der Waals surface area (Å²) in [6.07, 6.45) is 0.492. The van der Waals surface area contributed by atoms with Gasteiger partial charge in [-0.15, -0.1) is 0 Å². The summed E-state index contributed by atoms with van der Waals surface area (Å²) in [4.78, 5) is 47.4. The molecule has 156 valence electrons. The molecule has 0 aromatic heterocycles. The Morgan fingerprint density at radius 3 is 2.38 bits per heavy atom. The van der Waals surface area contributed by atoms with Gasteiger partial charge in [0.1, 0.15) is 6.61 Å². The first-order valence-electron chi connectivity index (χ1n) is 9.33. The first-order valence-corrected chi connectivity index (χ1v) is 9.33. The minimum absolute atomic E-state index is 0.00573. The maximum atomic E-state index is 12.3. The minimum atomic E-state index is -0.563. The first-order chi connectivity index (χ1) is 13.8. The van der Waals surface area contributed by atoms with Gasteiger partial charge in [-0.05, 0) is 31.0 Å². The highest BCUT2D eigenvalue weighted by molar-refractivity contribution is 5.95. The largest absolute Gasteiger partial charge is 0.463 e. The molecule has 1 heterocycles. The molecule has 1 aromatic carbocycles. The quantitative estimate of drug-likeness (QED) is 0.567. The van der Waals surface area contributed by atoms with E-state index in [0.717, 1.165) is 0 Å². The molecule has 0 fully saturated rings. The van der Waals surface area contributed by atoms with Crippen molar-refractivity contribution in [2.24, 2.45) is 0 Å². The second-order valence-electron chi connectivity index (χ2n) is 6.39. The van der Waals surface area contributed by atoms with Crippen molar-refractivity contribution in [3.63, 3.8) is 0 Å². The molecule has 9 nitrogen and oxygen atoms in total. The smallest absolute Gasteiger partial charge is 0.338 e. The van der Waals surface area contributed by atoms with Crippen LogP contribution in [0.25, 0.3) is 0 Å². The molecule has 0 spiro atoms. The zero-order valence-corrected chi connectivity index (χ0v) is 16.7. The zero-order valence-electron chi connectivity index (χ0n) is 16.7. The molecule has 0 bridgehead atoms. The number of hydrogen-bond acceptors (Lipinski definition) is 6. The summed E-state index contributed by atoms with van der Waals surface area (Å²) >= 11 is 0. The van der Waals surface area contributed by atoms with Gasteiger partial charge in [0.15, 0.2) is 0 Å². The number of urea groups is 1. The van der Waals surface area contributed by atoms with Gasteiger partial charge in [-0.1, -0.05) is 19.1 Å². The van der Waals surface area contributed by atoms with Crippen LogP contribution in [-0.2, 0) is 30.3 Å². The lowest BCUT2D eigenvalue weighted by atomic mass is 10.0. The Hall–Kier alpha value is -3.36. The Morgan fingerprint density at radius 2 is 1.79 bits per heavy atom. The van der Waals surface area contributed by atoms with Crippen molar-refractivity contribution in [3.8, 4) is 0 Å². The van der Waals surface area contributed by atoms with Gasteiger partial charge in [-0.2, -0.15) is 0 Å². The highest BCUT2D eigenvalue weighted by Crippen LogP contribution is 2.18. The highest BCUT2D eigenvalue weighted by Gasteiger charge is 2.31. The van der Waals surface area contributed by atoms with E-state index < -0.39 is 24.0 Å². The number of rotatable bonds is 8. The van der Waals surface area contributed by atoms with Crippen molar-refractivity contribution >= 4 is 29.6 Å². The molecule has 1 atom stereocenters. The fraction of sp³-hybridized carbons (Fsp3) is 0.400. The van der Waals surface area contributed by atoms with Gasteiger partial charge >= 0.3 is 18.0 Å². The van der Waals surface area contributed by atoms with Crippen molar-refractivity contribution < 1.29 is 28.7 Å². The molecule has 2 rings (SSSR count). The van der Waals surface area contributed by atoms with E-state index >= 15 is 0 Å². The number of ether oxygens (including phenoxy) is 2. The number of nitrogens with one attached hydrogen (secondary N) is 3. The van der Waals surface area contributed by atoms with E-state index in [1.807, 2.05) is 6.92 Å². The predicted octanol–water partition coefficient (Wildman–Crippen LogP) is 1.64. The molecule has 0 saturated heterocycles. The second-order valence-corrected chi connectivity index (χ2v) is 6.39. The van der Waals surface area contributed by atoms with Crippen LogP contribution in [0.1, 0.15) is 32.8 Å². The number of amides is 3. The first kappa shape index (κ1) is 21.9. The van der Waals surface area contributed by atoms with E-state index in [-0.39, 0.29) is 36.8 Å². The van der Waals surface area contributed by atoms with E-state index in [2.05, 4.69) is 16.0 Å². The topological polar surface area (TPSA) is 123 Å². The van der Waals surface area contributed by atoms with Gasteiger partial charge < -0.3 is 25.4 Å². The molecule has 9 heteroatoms. The Morgan fingerprint density at radius 1 is 1.10 bits per heavy atom. The maximum Gasteiger partial charge on any atom is 0.338 e. The average molecular weight is 403 g/mol. The van der Waals surface area contributed by atoms with E-state index in [1.165, 1.54) is 6.92 Å². The van der Waals surface area contributed by atoms with Gasteiger partial charge in [0, 0.05) is 12.6 Å².